The van der Waals surface area contributed by atoms with Gasteiger partial charge in [-0.1, -0.05) is 18.2 Å². The molecule has 0 aliphatic heterocycles. The van der Waals surface area contributed by atoms with E-state index in [4.69, 9.17) is 10.5 Å². The molecule has 3 nitrogen and oxygen atoms in total. The van der Waals surface area contributed by atoms with Crippen molar-refractivity contribution in [2.45, 2.75) is 18.8 Å². The third kappa shape index (κ3) is 3.48. The van der Waals surface area contributed by atoms with Crippen molar-refractivity contribution < 1.29 is 17.9 Å². The van der Waals surface area contributed by atoms with E-state index >= 15 is 0 Å². The fraction of sp³-hybridized carbons (Fsp3) is 0.214. The maximum absolute atomic E-state index is 13.1. The highest BCUT2D eigenvalue weighted by molar-refractivity contribution is 5.28. The van der Waals surface area contributed by atoms with E-state index in [1.54, 1.807) is 18.2 Å². The molecule has 0 spiro atoms. The van der Waals surface area contributed by atoms with Gasteiger partial charge in [0.2, 0.25) is 6.10 Å². The Morgan fingerprint density at radius 2 is 1.80 bits per heavy atom. The van der Waals surface area contributed by atoms with Gasteiger partial charge >= 0.3 is 6.18 Å². The molecule has 0 aliphatic rings. The molecule has 0 amide bonds. The molecule has 1 unspecified atom stereocenters. The van der Waals surface area contributed by atoms with Gasteiger partial charge in [-0.2, -0.15) is 13.2 Å². The van der Waals surface area contributed by atoms with E-state index in [2.05, 4.69) is 4.98 Å². The van der Waals surface area contributed by atoms with Gasteiger partial charge in [0.1, 0.15) is 5.75 Å². The minimum absolute atomic E-state index is 0.121. The number of rotatable bonds is 4. The van der Waals surface area contributed by atoms with E-state index < -0.39 is 12.3 Å². The fourth-order valence-electron chi connectivity index (χ4n) is 1.67. The van der Waals surface area contributed by atoms with E-state index in [9.17, 15) is 13.2 Å². The van der Waals surface area contributed by atoms with E-state index in [1.165, 1.54) is 30.5 Å². The minimum atomic E-state index is -4.54. The summed E-state index contributed by atoms with van der Waals surface area (Å²) < 4.78 is 44.2. The smallest absolute Gasteiger partial charge is 0.431 e. The predicted molar refractivity (Wildman–Crippen MR) is 68.0 cm³/mol. The van der Waals surface area contributed by atoms with Crippen LogP contribution in [-0.4, -0.2) is 11.2 Å². The molecule has 2 rings (SSSR count). The Bertz CT molecular complexity index is 541. The Kier molecular flexibility index (Phi) is 4.24. The second-order valence-corrected chi connectivity index (χ2v) is 4.14. The molecule has 0 bridgehead atoms. The number of alkyl halides is 3. The predicted octanol–water partition coefficient (Wildman–Crippen LogP) is 3.22. The molecule has 1 aromatic heterocycles. The van der Waals surface area contributed by atoms with Gasteiger partial charge in [-0.3, -0.25) is 4.98 Å². The van der Waals surface area contributed by atoms with E-state index in [-0.39, 0.29) is 11.4 Å². The minimum Gasteiger partial charge on any atom is -0.475 e. The molecule has 0 saturated carbocycles. The molecule has 6 heteroatoms. The van der Waals surface area contributed by atoms with Gasteiger partial charge < -0.3 is 10.5 Å². The summed E-state index contributed by atoms with van der Waals surface area (Å²) in [7, 11) is 0. The maximum atomic E-state index is 13.1. The summed E-state index contributed by atoms with van der Waals surface area (Å²) >= 11 is 0. The molecule has 1 heterocycles. The van der Waals surface area contributed by atoms with Gasteiger partial charge in [-0.05, 0) is 29.8 Å². The van der Waals surface area contributed by atoms with Gasteiger partial charge in [0.15, 0.2) is 0 Å². The summed E-state index contributed by atoms with van der Waals surface area (Å²) in [5, 5.41) is 0. The monoisotopic (exact) mass is 282 g/mol. The van der Waals surface area contributed by atoms with Crippen molar-refractivity contribution in [1.29, 1.82) is 0 Å². The molecule has 0 fully saturated rings. The van der Waals surface area contributed by atoms with Crippen molar-refractivity contribution in [3.63, 3.8) is 0 Å². The zero-order valence-corrected chi connectivity index (χ0v) is 10.5. The molecule has 2 aromatic rings. The standard InChI is InChI=1S/C14H13F3N2O/c15-14(16,17)13(12-3-1-2-8-19-12)20-11-6-4-10(9-18)5-7-11/h1-8,13H,9,18H2. The molecule has 106 valence electrons. The van der Waals surface area contributed by atoms with Gasteiger partial charge in [0.25, 0.3) is 0 Å². The maximum Gasteiger partial charge on any atom is 0.431 e. The number of nitrogens with zero attached hydrogens (tertiary/aromatic N) is 1. The molecule has 0 radical (unpaired) electrons. The molecule has 1 atom stereocenters. The average molecular weight is 282 g/mol. The fourth-order valence-corrected chi connectivity index (χ4v) is 1.67. The van der Waals surface area contributed by atoms with Crippen molar-refractivity contribution in [2.24, 2.45) is 5.73 Å². The first-order valence-electron chi connectivity index (χ1n) is 5.94. The molecular weight excluding hydrogens is 269 g/mol. The first-order valence-corrected chi connectivity index (χ1v) is 5.94. The first-order chi connectivity index (χ1) is 9.50. The van der Waals surface area contributed by atoms with Crippen molar-refractivity contribution in [1.82, 2.24) is 4.98 Å². The molecule has 20 heavy (non-hydrogen) atoms. The van der Waals surface area contributed by atoms with E-state index in [1.807, 2.05) is 0 Å². The van der Waals surface area contributed by atoms with Crippen LogP contribution in [0.4, 0.5) is 13.2 Å². The summed E-state index contributed by atoms with van der Waals surface area (Å²) in [5.41, 5.74) is 6.07. The molecular formula is C14H13F3N2O. The second kappa shape index (κ2) is 5.92. The Morgan fingerprint density at radius 3 is 2.30 bits per heavy atom. The Morgan fingerprint density at radius 1 is 1.10 bits per heavy atom. The van der Waals surface area contributed by atoms with Crippen LogP contribution in [0.15, 0.2) is 48.7 Å². The highest BCUT2D eigenvalue weighted by Gasteiger charge is 2.44. The Hall–Kier alpha value is -2.08. The number of halogens is 3. The number of benzene rings is 1. The van der Waals surface area contributed by atoms with Gasteiger partial charge in [0.05, 0.1) is 5.69 Å². The average Bonchev–Trinajstić information content (AvgIpc) is 2.45. The largest absolute Gasteiger partial charge is 0.475 e. The van der Waals surface area contributed by atoms with Crippen molar-refractivity contribution in [3.05, 3.63) is 59.9 Å². The number of nitrogens with two attached hydrogens (primary N) is 1. The van der Waals surface area contributed by atoms with Crippen LogP contribution in [-0.2, 0) is 6.54 Å². The molecule has 1 aromatic carbocycles. The summed E-state index contributed by atoms with van der Waals surface area (Å²) in [6, 6.07) is 10.5. The number of hydrogen-bond donors (Lipinski definition) is 1. The lowest BCUT2D eigenvalue weighted by Crippen LogP contribution is -2.26. The molecule has 2 N–H and O–H groups in total. The van der Waals surface area contributed by atoms with Crippen LogP contribution in [0.5, 0.6) is 5.75 Å². The quantitative estimate of drug-likeness (QED) is 0.936. The first kappa shape index (κ1) is 14.3. The van der Waals surface area contributed by atoms with Crippen LogP contribution < -0.4 is 10.5 Å². The number of ether oxygens (including phenoxy) is 1. The van der Waals surface area contributed by atoms with Crippen LogP contribution in [0.2, 0.25) is 0 Å². The van der Waals surface area contributed by atoms with E-state index in [0.717, 1.165) is 5.56 Å². The topological polar surface area (TPSA) is 48.1 Å². The second-order valence-electron chi connectivity index (χ2n) is 4.14. The van der Waals surface area contributed by atoms with Crippen LogP contribution >= 0.6 is 0 Å². The van der Waals surface area contributed by atoms with Crippen molar-refractivity contribution in [3.8, 4) is 5.75 Å². The van der Waals surface area contributed by atoms with Crippen molar-refractivity contribution in [2.75, 3.05) is 0 Å². The van der Waals surface area contributed by atoms with Crippen molar-refractivity contribution >= 4 is 0 Å². The highest BCUT2D eigenvalue weighted by atomic mass is 19.4. The van der Waals surface area contributed by atoms with E-state index in [0.29, 0.717) is 6.54 Å². The normalized spacial score (nSPS) is 13.0. The van der Waals surface area contributed by atoms with Crippen LogP contribution in [0.3, 0.4) is 0 Å². The summed E-state index contributed by atoms with van der Waals surface area (Å²) in [6.45, 7) is 0.323. The Labute approximate surface area is 114 Å². The van der Waals surface area contributed by atoms with Crippen LogP contribution in [0.1, 0.15) is 17.4 Å². The number of aromatic nitrogens is 1. The zero-order valence-electron chi connectivity index (χ0n) is 10.5. The van der Waals surface area contributed by atoms with Crippen LogP contribution in [0, 0.1) is 0 Å². The van der Waals surface area contributed by atoms with Crippen LogP contribution in [0.25, 0.3) is 0 Å². The summed E-state index contributed by atoms with van der Waals surface area (Å²) in [4.78, 5) is 3.71. The zero-order chi connectivity index (χ0) is 14.6. The molecule has 0 saturated heterocycles. The third-order valence-electron chi connectivity index (χ3n) is 2.67. The van der Waals surface area contributed by atoms with Gasteiger partial charge in [-0.15, -0.1) is 0 Å². The number of pyridine rings is 1. The SMILES string of the molecule is NCc1ccc(OC(c2ccccn2)C(F)(F)F)cc1. The summed E-state index contributed by atoms with van der Waals surface area (Å²) in [6.07, 6.45) is -5.33. The Balaban J connectivity index is 2.24. The lowest BCUT2D eigenvalue weighted by Gasteiger charge is -2.21. The lowest BCUT2D eigenvalue weighted by atomic mass is 10.2. The highest BCUT2D eigenvalue weighted by Crippen LogP contribution is 2.35. The lowest BCUT2D eigenvalue weighted by molar-refractivity contribution is -0.199. The number of hydrogen-bond acceptors (Lipinski definition) is 3. The van der Waals surface area contributed by atoms with Gasteiger partial charge in [-0.25, -0.2) is 0 Å². The summed E-state index contributed by atoms with van der Waals surface area (Å²) in [5.74, 6) is 0.121. The third-order valence-corrected chi connectivity index (χ3v) is 2.67. The molecule has 0 aliphatic carbocycles. The van der Waals surface area contributed by atoms with Gasteiger partial charge in [0, 0.05) is 12.7 Å².